The van der Waals surface area contributed by atoms with E-state index in [-0.39, 0.29) is 18.6 Å². The van der Waals surface area contributed by atoms with Gasteiger partial charge in [-0.05, 0) is 57.8 Å². The number of carboxylic acids is 1. The van der Waals surface area contributed by atoms with Crippen molar-refractivity contribution in [3.05, 3.63) is 24.3 Å². The number of allylic oxidation sites excluding steroid dienone is 4. The molecular weight excluding hydrogens is 342 g/mol. The number of unbranched alkanes of at least 4 members (excludes halogenated alkanes) is 7. The molecule has 5 nitrogen and oxygen atoms in total. The van der Waals surface area contributed by atoms with Crippen molar-refractivity contribution in [2.75, 3.05) is 6.54 Å². The van der Waals surface area contributed by atoms with Crippen molar-refractivity contribution in [3.8, 4) is 0 Å². The highest BCUT2D eigenvalue weighted by atomic mass is 16.4. The molecule has 0 aliphatic rings. The monoisotopic (exact) mass is 381 g/mol. The van der Waals surface area contributed by atoms with Crippen LogP contribution in [-0.4, -0.2) is 34.7 Å². The molecule has 1 unspecified atom stereocenters. The van der Waals surface area contributed by atoms with Crippen LogP contribution in [0.3, 0.4) is 0 Å². The van der Waals surface area contributed by atoms with Crippen LogP contribution >= 0.6 is 0 Å². The van der Waals surface area contributed by atoms with Gasteiger partial charge in [-0.2, -0.15) is 0 Å². The van der Waals surface area contributed by atoms with Gasteiger partial charge in [0.25, 0.3) is 0 Å². The van der Waals surface area contributed by atoms with Crippen LogP contribution in [0.15, 0.2) is 24.3 Å². The van der Waals surface area contributed by atoms with Gasteiger partial charge >= 0.3 is 5.97 Å². The summed E-state index contributed by atoms with van der Waals surface area (Å²) in [7, 11) is 0. The van der Waals surface area contributed by atoms with Crippen molar-refractivity contribution in [3.63, 3.8) is 0 Å². The van der Waals surface area contributed by atoms with Gasteiger partial charge in [-0.15, -0.1) is 0 Å². The van der Waals surface area contributed by atoms with Crippen LogP contribution in [0.25, 0.3) is 0 Å². The predicted octanol–water partition coefficient (Wildman–Crippen LogP) is 4.75. The Morgan fingerprint density at radius 3 is 1.93 bits per heavy atom. The first-order valence-electron chi connectivity index (χ1n) is 10.5. The molecule has 0 radical (unpaired) electrons. The summed E-state index contributed by atoms with van der Waals surface area (Å²) < 4.78 is 0. The third-order valence-corrected chi connectivity index (χ3v) is 4.42. The van der Waals surface area contributed by atoms with Crippen LogP contribution in [0.2, 0.25) is 0 Å². The highest BCUT2D eigenvalue weighted by Crippen LogP contribution is 2.09. The number of carbonyl (C=O) groups is 2. The van der Waals surface area contributed by atoms with Gasteiger partial charge in [0.05, 0.1) is 6.10 Å². The fraction of sp³-hybridized carbons (Fsp3) is 0.727. The zero-order chi connectivity index (χ0) is 20.2. The minimum atomic E-state index is -1.01. The van der Waals surface area contributed by atoms with Crippen LogP contribution in [0, 0.1) is 0 Å². The van der Waals surface area contributed by atoms with Crippen molar-refractivity contribution < 1.29 is 19.8 Å². The molecule has 27 heavy (non-hydrogen) atoms. The van der Waals surface area contributed by atoms with E-state index in [4.69, 9.17) is 5.11 Å². The van der Waals surface area contributed by atoms with E-state index in [1.165, 1.54) is 32.1 Å². The normalized spacial score (nSPS) is 12.7. The first kappa shape index (κ1) is 25.4. The summed E-state index contributed by atoms with van der Waals surface area (Å²) in [5.74, 6) is -1.21. The number of amides is 1. The summed E-state index contributed by atoms with van der Waals surface area (Å²) in [6.45, 7) is 1.71. The van der Waals surface area contributed by atoms with E-state index in [0.717, 1.165) is 44.9 Å². The van der Waals surface area contributed by atoms with Crippen LogP contribution in [0.5, 0.6) is 0 Å². The Kier molecular flexibility index (Phi) is 18.0. The summed E-state index contributed by atoms with van der Waals surface area (Å²) in [5, 5.41) is 20.3. The molecular formula is C22H39NO4. The summed E-state index contributed by atoms with van der Waals surface area (Å²) in [6, 6.07) is 0. The van der Waals surface area contributed by atoms with Gasteiger partial charge in [-0.1, -0.05) is 50.5 Å². The number of aliphatic hydroxyl groups excluding tert-OH is 1. The molecule has 5 heteroatoms. The molecule has 0 saturated carbocycles. The number of hydrogen-bond donors (Lipinski definition) is 3. The third kappa shape index (κ3) is 20.5. The number of carbonyl (C=O) groups excluding carboxylic acids is 1. The lowest BCUT2D eigenvalue weighted by Crippen LogP contribution is -2.28. The number of aliphatic hydroxyl groups is 1. The van der Waals surface area contributed by atoms with Crippen LogP contribution in [0.1, 0.15) is 90.4 Å². The fourth-order valence-electron chi connectivity index (χ4n) is 2.66. The summed E-state index contributed by atoms with van der Waals surface area (Å²) in [6.07, 6.45) is 21.8. The molecule has 0 spiro atoms. The Hall–Kier alpha value is -1.62. The molecule has 0 aromatic heterocycles. The smallest absolute Gasteiger partial charge is 0.322 e. The lowest BCUT2D eigenvalue weighted by Gasteiger charge is -2.03. The average Bonchev–Trinajstić information content (AvgIpc) is 2.65. The Labute approximate surface area is 164 Å². The van der Waals surface area contributed by atoms with Gasteiger partial charge in [-0.3, -0.25) is 9.59 Å². The first-order chi connectivity index (χ1) is 13.1. The summed E-state index contributed by atoms with van der Waals surface area (Å²) in [5.41, 5.74) is 0. The quantitative estimate of drug-likeness (QED) is 0.236. The van der Waals surface area contributed by atoms with Crippen LogP contribution in [-0.2, 0) is 9.59 Å². The van der Waals surface area contributed by atoms with E-state index in [1.807, 2.05) is 6.92 Å². The Balaban J connectivity index is 3.30. The van der Waals surface area contributed by atoms with Crippen molar-refractivity contribution in [2.45, 2.75) is 96.5 Å². The van der Waals surface area contributed by atoms with Crippen molar-refractivity contribution in [1.29, 1.82) is 0 Å². The molecule has 3 N–H and O–H groups in total. The number of hydrogen-bond acceptors (Lipinski definition) is 3. The number of rotatable bonds is 18. The van der Waals surface area contributed by atoms with E-state index in [2.05, 4.69) is 29.6 Å². The maximum Gasteiger partial charge on any atom is 0.322 e. The van der Waals surface area contributed by atoms with Crippen LogP contribution in [0.4, 0.5) is 0 Å². The highest BCUT2D eigenvalue weighted by Gasteiger charge is 2.02. The molecule has 1 amide bonds. The fourth-order valence-corrected chi connectivity index (χ4v) is 2.66. The lowest BCUT2D eigenvalue weighted by molar-refractivity contribution is -0.137. The zero-order valence-electron chi connectivity index (χ0n) is 17.0. The van der Waals surface area contributed by atoms with Gasteiger partial charge in [0.1, 0.15) is 6.54 Å². The first-order valence-corrected chi connectivity index (χ1v) is 10.5. The van der Waals surface area contributed by atoms with Crippen molar-refractivity contribution in [1.82, 2.24) is 5.32 Å². The molecule has 0 rings (SSSR count). The predicted molar refractivity (Wildman–Crippen MR) is 111 cm³/mol. The van der Waals surface area contributed by atoms with Crippen molar-refractivity contribution in [2.24, 2.45) is 0 Å². The third-order valence-electron chi connectivity index (χ3n) is 4.42. The van der Waals surface area contributed by atoms with Gasteiger partial charge in [0.2, 0.25) is 5.91 Å². The molecule has 0 fully saturated rings. The van der Waals surface area contributed by atoms with E-state index in [1.54, 1.807) is 0 Å². The maximum atomic E-state index is 11.3. The second kappa shape index (κ2) is 19.2. The minimum Gasteiger partial charge on any atom is -0.480 e. The van der Waals surface area contributed by atoms with E-state index in [9.17, 15) is 14.7 Å². The Morgan fingerprint density at radius 1 is 0.852 bits per heavy atom. The molecule has 0 aromatic carbocycles. The molecule has 0 saturated heterocycles. The molecule has 0 aromatic rings. The van der Waals surface area contributed by atoms with Gasteiger partial charge in [0.15, 0.2) is 0 Å². The summed E-state index contributed by atoms with van der Waals surface area (Å²) in [4.78, 5) is 21.6. The Morgan fingerprint density at radius 2 is 1.37 bits per heavy atom. The standard InChI is InChI=1S/C22H39NO4/c1-2-20(24)17-15-13-11-9-7-5-3-4-6-8-10-12-14-16-18-21(25)23-19-22(26)27/h10-13,20,24H,2-9,14-19H2,1H3,(H,23,25)(H,26,27)/b12-10-,13-11-. The van der Waals surface area contributed by atoms with E-state index in [0.29, 0.717) is 6.42 Å². The molecule has 156 valence electrons. The number of nitrogens with one attached hydrogen (secondary N) is 1. The van der Waals surface area contributed by atoms with Crippen molar-refractivity contribution >= 4 is 11.9 Å². The van der Waals surface area contributed by atoms with E-state index >= 15 is 0 Å². The molecule has 0 aliphatic carbocycles. The second-order valence-corrected chi connectivity index (χ2v) is 6.99. The highest BCUT2D eigenvalue weighted by molar-refractivity contribution is 5.80. The molecule has 0 bridgehead atoms. The Bertz CT molecular complexity index is 432. The SMILES string of the molecule is CCC(O)CC/C=C\CCCCCCC/C=C\CCCC(=O)NCC(=O)O. The van der Waals surface area contributed by atoms with Gasteiger partial charge < -0.3 is 15.5 Å². The molecule has 0 heterocycles. The van der Waals surface area contributed by atoms with Gasteiger partial charge in [0, 0.05) is 6.42 Å². The van der Waals surface area contributed by atoms with Gasteiger partial charge in [-0.25, -0.2) is 0 Å². The molecule has 0 aliphatic heterocycles. The maximum absolute atomic E-state index is 11.3. The minimum absolute atomic E-state index is 0.146. The van der Waals surface area contributed by atoms with Crippen LogP contribution < -0.4 is 5.32 Å². The number of carboxylic acid groups (broad SMARTS) is 1. The largest absolute Gasteiger partial charge is 0.480 e. The second-order valence-electron chi connectivity index (χ2n) is 6.99. The average molecular weight is 382 g/mol. The number of aliphatic carboxylic acids is 1. The lowest BCUT2D eigenvalue weighted by atomic mass is 10.1. The topological polar surface area (TPSA) is 86.6 Å². The van der Waals surface area contributed by atoms with E-state index < -0.39 is 5.97 Å². The summed E-state index contributed by atoms with van der Waals surface area (Å²) >= 11 is 0. The molecule has 1 atom stereocenters. The zero-order valence-corrected chi connectivity index (χ0v) is 17.0.